The fourth-order valence-electron chi connectivity index (χ4n) is 9.42. The Labute approximate surface area is 447 Å². The van der Waals surface area contributed by atoms with Crippen molar-refractivity contribution in [3.8, 4) is 0 Å². The van der Waals surface area contributed by atoms with Gasteiger partial charge in [0.15, 0.2) is 6.10 Å². The molecule has 9 nitrogen and oxygen atoms in total. The van der Waals surface area contributed by atoms with Crippen molar-refractivity contribution in [2.45, 2.75) is 328 Å². The number of unbranched alkanes of at least 4 members (excludes halogenated alkanes) is 43. The molecule has 0 bridgehead atoms. The maximum absolute atomic E-state index is 12.8. The first-order chi connectivity index (χ1) is 35.0. The SMILES string of the molecule is CCCCCCCCCC/C=C\CCCCCCCCCCCCCCCCCCCCCC(=O)OC(COC(=O)CCCCCCCCCCCCCCCCCCC)COP(=O)([O-])OCC[N+](C)(C)C. The molecule has 0 aliphatic carbocycles. The molecule has 2 atom stereocenters. The zero-order valence-corrected chi connectivity index (χ0v) is 49.6. The van der Waals surface area contributed by atoms with Crippen LogP contribution in [0, 0.1) is 0 Å². The van der Waals surface area contributed by atoms with Crippen molar-refractivity contribution in [3.05, 3.63) is 12.2 Å². The molecule has 0 saturated heterocycles. The molecule has 0 aromatic carbocycles. The lowest BCUT2D eigenvalue weighted by molar-refractivity contribution is -0.870. The van der Waals surface area contributed by atoms with Crippen LogP contribution in [0.1, 0.15) is 322 Å². The Morgan fingerprint density at radius 2 is 0.708 bits per heavy atom. The van der Waals surface area contributed by atoms with E-state index in [-0.39, 0.29) is 32.0 Å². The molecular formula is C62H122NO8P. The van der Waals surface area contributed by atoms with Crippen molar-refractivity contribution in [2.24, 2.45) is 0 Å². The van der Waals surface area contributed by atoms with Gasteiger partial charge in [-0.15, -0.1) is 0 Å². The van der Waals surface area contributed by atoms with Crippen LogP contribution in [0.3, 0.4) is 0 Å². The van der Waals surface area contributed by atoms with Crippen LogP contribution >= 0.6 is 7.82 Å². The number of phosphoric ester groups is 1. The summed E-state index contributed by atoms with van der Waals surface area (Å²) in [4.78, 5) is 37.9. The number of allylic oxidation sites excluding steroid dienone is 2. The first kappa shape index (κ1) is 70.8. The van der Waals surface area contributed by atoms with E-state index in [2.05, 4.69) is 26.0 Å². The summed E-state index contributed by atoms with van der Waals surface area (Å²) in [5, 5.41) is 0. The van der Waals surface area contributed by atoms with E-state index >= 15 is 0 Å². The fourth-order valence-corrected chi connectivity index (χ4v) is 10.1. The van der Waals surface area contributed by atoms with Gasteiger partial charge in [-0.05, 0) is 38.5 Å². The fraction of sp³-hybridized carbons (Fsp3) is 0.935. The van der Waals surface area contributed by atoms with Crippen LogP contribution in [0.4, 0.5) is 0 Å². The van der Waals surface area contributed by atoms with Crippen LogP contribution in [0.2, 0.25) is 0 Å². The normalized spacial score (nSPS) is 13.2. The highest BCUT2D eigenvalue weighted by Gasteiger charge is 2.22. The third kappa shape index (κ3) is 58.0. The first-order valence-corrected chi connectivity index (χ1v) is 32.9. The molecule has 0 fully saturated rings. The van der Waals surface area contributed by atoms with Gasteiger partial charge in [-0.25, -0.2) is 0 Å². The third-order valence-electron chi connectivity index (χ3n) is 14.3. The summed E-state index contributed by atoms with van der Waals surface area (Å²) in [7, 11) is 1.19. The lowest BCUT2D eigenvalue weighted by Crippen LogP contribution is -2.37. The number of phosphoric acid groups is 1. The summed E-state index contributed by atoms with van der Waals surface area (Å²) in [6, 6.07) is 0. The summed E-state index contributed by atoms with van der Waals surface area (Å²) in [5.74, 6) is -0.811. The number of likely N-dealkylation sites (N-methyl/N-ethyl adjacent to an activating group) is 1. The number of hydrogen-bond acceptors (Lipinski definition) is 8. The van der Waals surface area contributed by atoms with Gasteiger partial charge in [-0.3, -0.25) is 14.2 Å². The van der Waals surface area contributed by atoms with Crippen molar-refractivity contribution >= 4 is 19.8 Å². The molecule has 0 spiro atoms. The van der Waals surface area contributed by atoms with Crippen LogP contribution in [-0.4, -0.2) is 70.0 Å². The number of quaternary nitrogens is 1. The van der Waals surface area contributed by atoms with Crippen molar-refractivity contribution in [2.75, 3.05) is 47.5 Å². The number of carbonyl (C=O) groups excluding carboxylic acids is 2. The number of nitrogens with zero attached hydrogens (tertiary/aromatic N) is 1. The number of ether oxygens (including phenoxy) is 2. The standard InChI is InChI=1S/C62H122NO8P/c1-6-8-10-12-14-16-18-20-22-24-25-26-27-28-29-30-31-32-33-34-35-36-37-39-41-43-45-47-49-51-53-55-62(65)71-60(59-70-72(66,67)69-57-56-63(3,4)5)58-68-61(64)54-52-50-48-46-44-42-40-38-23-21-19-17-15-13-11-9-7-2/h24-25,60H,6-23,26-59H2,1-5H3/b25-24-. The van der Waals surface area contributed by atoms with E-state index < -0.39 is 26.5 Å². The van der Waals surface area contributed by atoms with E-state index in [1.807, 2.05) is 21.1 Å². The Balaban J connectivity index is 4.00. The van der Waals surface area contributed by atoms with Crippen molar-refractivity contribution < 1.29 is 42.1 Å². The van der Waals surface area contributed by atoms with Crippen LogP contribution in [-0.2, 0) is 32.7 Å². The monoisotopic (exact) mass is 1040 g/mol. The molecule has 0 aromatic rings. The Hall–Kier alpha value is -1.25. The lowest BCUT2D eigenvalue weighted by atomic mass is 10.0. The molecule has 2 unspecified atom stereocenters. The number of carbonyl (C=O) groups is 2. The predicted molar refractivity (Wildman–Crippen MR) is 305 cm³/mol. The molecule has 0 saturated carbocycles. The molecule has 0 aromatic heterocycles. The molecular weight excluding hydrogens is 918 g/mol. The van der Waals surface area contributed by atoms with Crippen LogP contribution in [0.15, 0.2) is 12.2 Å². The quantitative estimate of drug-likeness (QED) is 0.0195. The first-order valence-electron chi connectivity index (χ1n) is 31.4. The minimum atomic E-state index is -4.63. The van der Waals surface area contributed by atoms with Gasteiger partial charge in [-0.1, -0.05) is 283 Å². The zero-order valence-electron chi connectivity index (χ0n) is 48.7. The topological polar surface area (TPSA) is 111 Å². The highest BCUT2D eigenvalue weighted by atomic mass is 31.2. The van der Waals surface area contributed by atoms with Gasteiger partial charge in [0.1, 0.15) is 19.8 Å². The van der Waals surface area contributed by atoms with Gasteiger partial charge in [-0.2, -0.15) is 0 Å². The largest absolute Gasteiger partial charge is 0.756 e. The Kier molecular flexibility index (Phi) is 53.6. The van der Waals surface area contributed by atoms with Gasteiger partial charge in [0, 0.05) is 12.8 Å². The summed E-state index contributed by atoms with van der Waals surface area (Å²) >= 11 is 0. The predicted octanol–water partition coefficient (Wildman–Crippen LogP) is 19.0. The van der Waals surface area contributed by atoms with Gasteiger partial charge >= 0.3 is 11.9 Å². The molecule has 72 heavy (non-hydrogen) atoms. The lowest BCUT2D eigenvalue weighted by Gasteiger charge is -2.28. The van der Waals surface area contributed by atoms with E-state index in [9.17, 15) is 19.0 Å². The van der Waals surface area contributed by atoms with Gasteiger partial charge in [0.25, 0.3) is 7.82 Å². The maximum Gasteiger partial charge on any atom is 0.306 e. The minimum absolute atomic E-state index is 0.0261. The Morgan fingerprint density at radius 3 is 1.03 bits per heavy atom. The highest BCUT2D eigenvalue weighted by molar-refractivity contribution is 7.45. The highest BCUT2D eigenvalue weighted by Crippen LogP contribution is 2.38. The van der Waals surface area contributed by atoms with Crippen LogP contribution in [0.25, 0.3) is 0 Å². The van der Waals surface area contributed by atoms with Crippen LogP contribution in [0.5, 0.6) is 0 Å². The second-order valence-electron chi connectivity index (χ2n) is 22.8. The van der Waals surface area contributed by atoms with Crippen molar-refractivity contribution in [1.82, 2.24) is 0 Å². The van der Waals surface area contributed by atoms with E-state index in [1.54, 1.807) is 0 Å². The van der Waals surface area contributed by atoms with Gasteiger partial charge in [0.2, 0.25) is 0 Å². The average molecular weight is 1040 g/mol. The summed E-state index contributed by atoms with van der Waals surface area (Å²) in [5.41, 5.74) is 0. The smallest absolute Gasteiger partial charge is 0.306 e. The van der Waals surface area contributed by atoms with Gasteiger partial charge < -0.3 is 27.9 Å². The van der Waals surface area contributed by atoms with E-state index in [0.29, 0.717) is 17.4 Å². The second-order valence-corrected chi connectivity index (χ2v) is 24.2. The Bertz CT molecular complexity index is 1220. The third-order valence-corrected chi connectivity index (χ3v) is 15.2. The molecule has 0 aliphatic heterocycles. The number of hydrogen-bond donors (Lipinski definition) is 0. The van der Waals surface area contributed by atoms with Crippen molar-refractivity contribution in [3.63, 3.8) is 0 Å². The molecule has 0 radical (unpaired) electrons. The molecule has 0 aliphatic rings. The molecule has 0 N–H and O–H groups in total. The molecule has 0 amide bonds. The molecule has 10 heteroatoms. The Morgan fingerprint density at radius 1 is 0.417 bits per heavy atom. The number of rotatable bonds is 59. The van der Waals surface area contributed by atoms with Crippen LogP contribution < -0.4 is 4.89 Å². The van der Waals surface area contributed by atoms with Gasteiger partial charge in [0.05, 0.1) is 27.7 Å². The van der Waals surface area contributed by atoms with E-state index in [1.165, 1.54) is 257 Å². The maximum atomic E-state index is 12.8. The minimum Gasteiger partial charge on any atom is -0.756 e. The molecule has 0 heterocycles. The summed E-state index contributed by atoms with van der Waals surface area (Å²) in [6.45, 7) is 4.31. The summed E-state index contributed by atoms with van der Waals surface area (Å²) in [6.07, 6.45) is 64.2. The molecule has 428 valence electrons. The number of esters is 2. The summed E-state index contributed by atoms with van der Waals surface area (Å²) < 4.78 is 34.2. The average Bonchev–Trinajstić information content (AvgIpc) is 3.34. The second kappa shape index (κ2) is 54.5. The zero-order chi connectivity index (χ0) is 52.7. The van der Waals surface area contributed by atoms with Crippen molar-refractivity contribution in [1.29, 1.82) is 0 Å². The molecule has 0 rings (SSSR count). The van der Waals surface area contributed by atoms with E-state index in [0.717, 1.165) is 32.1 Å². The van der Waals surface area contributed by atoms with E-state index in [4.69, 9.17) is 18.5 Å².